The molecule has 0 spiro atoms. The Morgan fingerprint density at radius 1 is 1.56 bits per heavy atom. The molecule has 0 heterocycles. The highest BCUT2D eigenvalue weighted by Gasteiger charge is 2.30. The highest BCUT2D eigenvalue weighted by Crippen LogP contribution is 2.25. The van der Waals surface area contributed by atoms with Crippen LogP contribution < -0.4 is 5.32 Å². The van der Waals surface area contributed by atoms with Crippen molar-refractivity contribution >= 4 is 17.3 Å². The third-order valence-electron chi connectivity index (χ3n) is 2.99. The molecular weight excluding hydrogens is 236 g/mol. The van der Waals surface area contributed by atoms with E-state index in [2.05, 4.69) is 5.32 Å². The Morgan fingerprint density at radius 3 is 2.56 bits per heavy atom. The highest BCUT2D eigenvalue weighted by molar-refractivity contribution is 5.82. The number of carboxylic acids is 1. The van der Waals surface area contributed by atoms with E-state index in [-0.39, 0.29) is 5.69 Å². The molecular formula is C12H16N2O4. The van der Waals surface area contributed by atoms with Gasteiger partial charge in [0, 0.05) is 17.3 Å². The molecule has 18 heavy (non-hydrogen) atoms. The Labute approximate surface area is 105 Å². The third kappa shape index (κ3) is 2.77. The Morgan fingerprint density at radius 2 is 2.17 bits per heavy atom. The standard InChI is InChI=1S/C12H16N2O4/c1-4-12(3,11(15)16)13-9-5-6-10(14(17)18)8(2)7-9/h5-7,13H,4H2,1-3H3,(H,15,16). The third-order valence-corrected chi connectivity index (χ3v) is 2.99. The molecule has 0 aromatic heterocycles. The molecule has 6 nitrogen and oxygen atoms in total. The first-order valence-corrected chi connectivity index (χ1v) is 5.57. The van der Waals surface area contributed by atoms with Crippen molar-refractivity contribution in [1.82, 2.24) is 0 Å². The Bertz CT molecular complexity index is 487. The van der Waals surface area contributed by atoms with Crippen molar-refractivity contribution in [1.29, 1.82) is 0 Å². The van der Waals surface area contributed by atoms with Crippen LogP contribution in [0.5, 0.6) is 0 Å². The molecule has 1 aromatic rings. The van der Waals surface area contributed by atoms with Gasteiger partial charge in [-0.1, -0.05) is 6.92 Å². The maximum atomic E-state index is 11.1. The fourth-order valence-electron chi connectivity index (χ4n) is 1.55. The predicted octanol–water partition coefficient (Wildman–Crippen LogP) is 2.57. The summed E-state index contributed by atoms with van der Waals surface area (Å²) in [5.41, 5.74) is -0.00414. The minimum absolute atomic E-state index is 0.0223. The van der Waals surface area contributed by atoms with Gasteiger partial charge >= 0.3 is 5.97 Å². The first-order valence-electron chi connectivity index (χ1n) is 5.57. The predicted molar refractivity (Wildman–Crippen MR) is 67.8 cm³/mol. The zero-order valence-corrected chi connectivity index (χ0v) is 10.6. The number of benzene rings is 1. The average Bonchev–Trinajstić information content (AvgIpc) is 2.28. The van der Waals surface area contributed by atoms with E-state index in [0.717, 1.165) is 0 Å². The smallest absolute Gasteiger partial charge is 0.329 e. The van der Waals surface area contributed by atoms with Gasteiger partial charge in [0.1, 0.15) is 5.54 Å². The molecule has 1 rings (SSSR count). The van der Waals surface area contributed by atoms with Crippen LogP contribution in [0.1, 0.15) is 25.8 Å². The minimum atomic E-state index is -1.08. The van der Waals surface area contributed by atoms with E-state index in [0.29, 0.717) is 17.7 Å². The van der Waals surface area contributed by atoms with E-state index < -0.39 is 16.4 Å². The van der Waals surface area contributed by atoms with Gasteiger partial charge in [-0.25, -0.2) is 4.79 Å². The lowest BCUT2D eigenvalue weighted by atomic mass is 9.98. The van der Waals surface area contributed by atoms with Gasteiger partial charge in [-0.2, -0.15) is 0 Å². The lowest BCUT2D eigenvalue weighted by molar-refractivity contribution is -0.385. The van der Waals surface area contributed by atoms with Gasteiger partial charge in [0.2, 0.25) is 0 Å². The highest BCUT2D eigenvalue weighted by atomic mass is 16.6. The van der Waals surface area contributed by atoms with E-state index in [1.807, 2.05) is 0 Å². The van der Waals surface area contributed by atoms with Crippen LogP contribution in [0.2, 0.25) is 0 Å². The molecule has 0 radical (unpaired) electrons. The number of nitrogens with one attached hydrogen (secondary N) is 1. The van der Waals surface area contributed by atoms with Gasteiger partial charge in [-0.15, -0.1) is 0 Å². The summed E-state index contributed by atoms with van der Waals surface area (Å²) in [4.78, 5) is 21.4. The molecule has 0 saturated carbocycles. The second-order valence-electron chi connectivity index (χ2n) is 4.37. The summed E-state index contributed by atoms with van der Waals surface area (Å²) in [6, 6.07) is 4.46. The van der Waals surface area contributed by atoms with Crippen LogP contribution >= 0.6 is 0 Å². The number of carboxylic acid groups (broad SMARTS) is 1. The van der Waals surface area contributed by atoms with Crippen molar-refractivity contribution in [3.8, 4) is 0 Å². The van der Waals surface area contributed by atoms with Crippen molar-refractivity contribution < 1.29 is 14.8 Å². The molecule has 0 amide bonds. The first-order chi connectivity index (χ1) is 8.30. The number of rotatable bonds is 5. The molecule has 0 bridgehead atoms. The van der Waals surface area contributed by atoms with Crippen molar-refractivity contribution in [2.75, 3.05) is 5.32 Å². The van der Waals surface area contributed by atoms with Gasteiger partial charge in [0.25, 0.3) is 5.69 Å². The topological polar surface area (TPSA) is 92.5 Å². The number of nitrogens with zero attached hydrogens (tertiary/aromatic N) is 1. The van der Waals surface area contributed by atoms with Crippen molar-refractivity contribution in [2.45, 2.75) is 32.7 Å². The largest absolute Gasteiger partial charge is 0.480 e. The molecule has 6 heteroatoms. The molecule has 1 aromatic carbocycles. The zero-order valence-electron chi connectivity index (χ0n) is 10.6. The van der Waals surface area contributed by atoms with E-state index in [4.69, 9.17) is 5.11 Å². The van der Waals surface area contributed by atoms with E-state index in [9.17, 15) is 14.9 Å². The molecule has 0 aliphatic heterocycles. The quantitative estimate of drug-likeness (QED) is 0.620. The molecule has 1 unspecified atom stereocenters. The number of hydrogen-bond acceptors (Lipinski definition) is 4. The second-order valence-corrected chi connectivity index (χ2v) is 4.37. The Kier molecular flexibility index (Phi) is 3.90. The van der Waals surface area contributed by atoms with Gasteiger partial charge in [-0.3, -0.25) is 10.1 Å². The lowest BCUT2D eigenvalue weighted by Crippen LogP contribution is -2.42. The van der Waals surface area contributed by atoms with E-state index in [1.54, 1.807) is 26.8 Å². The van der Waals surface area contributed by atoms with Crippen LogP contribution in [0, 0.1) is 17.0 Å². The van der Waals surface area contributed by atoms with Crippen LogP contribution in [0.15, 0.2) is 18.2 Å². The van der Waals surface area contributed by atoms with Gasteiger partial charge < -0.3 is 10.4 Å². The summed E-state index contributed by atoms with van der Waals surface area (Å²) >= 11 is 0. The molecule has 98 valence electrons. The van der Waals surface area contributed by atoms with Crippen LogP contribution in [-0.4, -0.2) is 21.5 Å². The summed E-state index contributed by atoms with van der Waals surface area (Å²) in [6.45, 7) is 4.96. The fourth-order valence-corrected chi connectivity index (χ4v) is 1.55. The van der Waals surface area contributed by atoms with Crippen molar-refractivity contribution in [3.05, 3.63) is 33.9 Å². The Hall–Kier alpha value is -2.11. The molecule has 0 saturated heterocycles. The van der Waals surface area contributed by atoms with Crippen LogP contribution in [0.4, 0.5) is 11.4 Å². The van der Waals surface area contributed by atoms with Gasteiger partial charge in [0.15, 0.2) is 0 Å². The molecule has 1 atom stereocenters. The summed E-state index contributed by atoms with van der Waals surface area (Å²) < 4.78 is 0. The first kappa shape index (κ1) is 14.0. The normalized spacial score (nSPS) is 13.7. The van der Waals surface area contributed by atoms with Crippen molar-refractivity contribution in [3.63, 3.8) is 0 Å². The van der Waals surface area contributed by atoms with Crippen LogP contribution in [0.3, 0.4) is 0 Å². The van der Waals surface area contributed by atoms with Gasteiger partial charge in [-0.05, 0) is 32.4 Å². The van der Waals surface area contributed by atoms with Gasteiger partial charge in [0.05, 0.1) is 4.92 Å². The van der Waals surface area contributed by atoms with Crippen LogP contribution in [-0.2, 0) is 4.79 Å². The number of aryl methyl sites for hydroxylation is 1. The average molecular weight is 252 g/mol. The molecule has 0 aliphatic rings. The zero-order chi connectivity index (χ0) is 13.9. The molecule has 0 aliphatic carbocycles. The molecule has 0 fully saturated rings. The number of anilines is 1. The Balaban J connectivity index is 3.03. The maximum absolute atomic E-state index is 11.1. The second kappa shape index (κ2) is 5.03. The number of carbonyl (C=O) groups is 1. The fraction of sp³-hybridized carbons (Fsp3) is 0.417. The summed E-state index contributed by atoms with van der Waals surface area (Å²) in [5, 5.41) is 22.7. The number of nitro groups is 1. The monoisotopic (exact) mass is 252 g/mol. The number of hydrogen-bond donors (Lipinski definition) is 2. The summed E-state index contributed by atoms with van der Waals surface area (Å²) in [7, 11) is 0. The van der Waals surface area contributed by atoms with E-state index in [1.165, 1.54) is 12.1 Å². The lowest BCUT2D eigenvalue weighted by Gasteiger charge is -2.26. The summed E-state index contributed by atoms with van der Waals surface area (Å²) in [6.07, 6.45) is 0.401. The minimum Gasteiger partial charge on any atom is -0.480 e. The SMILES string of the molecule is CCC(C)(Nc1ccc([N+](=O)[O-])c(C)c1)C(=O)O. The number of aliphatic carboxylic acids is 1. The van der Waals surface area contributed by atoms with E-state index >= 15 is 0 Å². The van der Waals surface area contributed by atoms with Crippen LogP contribution in [0.25, 0.3) is 0 Å². The van der Waals surface area contributed by atoms with Crippen molar-refractivity contribution in [2.24, 2.45) is 0 Å². The maximum Gasteiger partial charge on any atom is 0.329 e. The number of nitro benzene ring substituents is 1. The molecule has 2 N–H and O–H groups in total. The summed E-state index contributed by atoms with van der Waals surface area (Å²) in [5.74, 6) is -0.957.